The van der Waals surface area contributed by atoms with Crippen molar-refractivity contribution in [1.29, 1.82) is 0 Å². The Bertz CT molecular complexity index is 1310. The van der Waals surface area contributed by atoms with Gasteiger partial charge < -0.3 is 5.32 Å². The number of alkyl halides is 3. The van der Waals surface area contributed by atoms with Crippen molar-refractivity contribution < 1.29 is 31.2 Å². The number of nitrogens with one attached hydrogen (secondary N) is 2. The predicted molar refractivity (Wildman–Crippen MR) is 134 cm³/mol. The lowest BCUT2D eigenvalue weighted by Crippen LogP contribution is -2.42. The molecule has 2 aromatic rings. The van der Waals surface area contributed by atoms with Crippen molar-refractivity contribution in [3.63, 3.8) is 0 Å². The SMILES string of the molecule is CCS(=O)(=O)C(C)C(=O)NCc1ccc(C2=CC(c3cc(Cl)c(Cl)c(Cl)c3)(C(F)(F)F)ON2)cc1Cl. The maximum absolute atomic E-state index is 14.2. The van der Waals surface area contributed by atoms with Gasteiger partial charge in [-0.15, -0.1) is 0 Å². The Hall–Kier alpha value is -1.69. The standard InChI is InChI=1S/C22H19Cl4F3N2O4S/c1-3-36(33,34)11(2)20(32)30-10-13-5-4-12(6-15(13)23)18-9-21(35-31-18,22(27,28)29)14-7-16(24)19(26)17(25)8-14/h4-9,11,31H,3,10H2,1-2H3,(H,30,32). The van der Waals surface area contributed by atoms with Gasteiger partial charge in [-0.25, -0.2) is 8.42 Å². The van der Waals surface area contributed by atoms with Gasteiger partial charge in [-0.2, -0.15) is 13.2 Å². The summed E-state index contributed by atoms with van der Waals surface area (Å²) < 4.78 is 66.4. The minimum absolute atomic E-state index is 0.0327. The van der Waals surface area contributed by atoms with Crippen molar-refractivity contribution in [3.05, 3.63) is 73.2 Å². The van der Waals surface area contributed by atoms with Crippen molar-refractivity contribution in [1.82, 2.24) is 10.8 Å². The van der Waals surface area contributed by atoms with Crippen molar-refractivity contribution in [2.75, 3.05) is 5.75 Å². The molecular weight excluding hydrogens is 587 g/mol. The molecule has 196 valence electrons. The summed E-state index contributed by atoms with van der Waals surface area (Å²) in [5.74, 6) is -0.879. The first-order valence-electron chi connectivity index (χ1n) is 10.3. The van der Waals surface area contributed by atoms with Crippen LogP contribution in [0.1, 0.15) is 30.5 Å². The molecule has 36 heavy (non-hydrogen) atoms. The van der Waals surface area contributed by atoms with Crippen LogP contribution in [0.4, 0.5) is 13.2 Å². The Balaban J connectivity index is 1.89. The third-order valence-corrected chi connectivity index (χ3v) is 9.28. The third-order valence-electron chi connectivity index (χ3n) is 5.63. The molecule has 0 spiro atoms. The molecule has 1 aliphatic heterocycles. The molecular formula is C22H19Cl4F3N2O4S. The molecule has 0 saturated carbocycles. The molecule has 0 radical (unpaired) electrons. The Kier molecular flexibility index (Phi) is 8.49. The van der Waals surface area contributed by atoms with Crippen LogP contribution in [0.3, 0.4) is 0 Å². The summed E-state index contributed by atoms with van der Waals surface area (Å²) in [4.78, 5) is 17.2. The van der Waals surface area contributed by atoms with Crippen LogP contribution >= 0.6 is 46.4 Å². The van der Waals surface area contributed by atoms with Crippen LogP contribution in [-0.4, -0.2) is 31.5 Å². The summed E-state index contributed by atoms with van der Waals surface area (Å²) in [5.41, 5.74) is -0.373. The minimum Gasteiger partial charge on any atom is -0.351 e. The first-order valence-corrected chi connectivity index (χ1v) is 13.5. The number of carbonyl (C=O) groups is 1. The second-order valence-corrected chi connectivity index (χ2v) is 12.1. The molecule has 1 heterocycles. The third kappa shape index (κ3) is 5.58. The second-order valence-electron chi connectivity index (χ2n) is 7.87. The molecule has 6 nitrogen and oxygen atoms in total. The molecule has 0 bridgehead atoms. The predicted octanol–water partition coefficient (Wildman–Crippen LogP) is 6.07. The quantitative estimate of drug-likeness (QED) is 0.374. The molecule has 2 atom stereocenters. The molecule has 2 N–H and O–H groups in total. The highest BCUT2D eigenvalue weighted by molar-refractivity contribution is 7.92. The average Bonchev–Trinajstić information content (AvgIpc) is 3.27. The van der Waals surface area contributed by atoms with Crippen LogP contribution in [0.15, 0.2) is 36.4 Å². The number of benzene rings is 2. The van der Waals surface area contributed by atoms with E-state index in [0.717, 1.165) is 18.2 Å². The lowest BCUT2D eigenvalue weighted by molar-refractivity contribution is -0.269. The summed E-state index contributed by atoms with van der Waals surface area (Å²) in [5, 5.41) is 0.939. The zero-order valence-electron chi connectivity index (χ0n) is 18.6. The van der Waals surface area contributed by atoms with E-state index in [9.17, 15) is 26.4 Å². The lowest BCUT2D eigenvalue weighted by atomic mass is 9.91. The normalized spacial score (nSPS) is 19.0. The fourth-order valence-electron chi connectivity index (χ4n) is 3.35. The molecule has 0 aliphatic carbocycles. The number of sulfone groups is 1. The Morgan fingerprint density at radius 2 is 1.72 bits per heavy atom. The van der Waals surface area contributed by atoms with Gasteiger partial charge in [0.05, 0.1) is 20.8 Å². The molecule has 3 rings (SSSR count). The van der Waals surface area contributed by atoms with Crippen LogP contribution < -0.4 is 10.8 Å². The number of rotatable bonds is 7. The van der Waals surface area contributed by atoms with Gasteiger partial charge >= 0.3 is 6.18 Å². The maximum atomic E-state index is 14.2. The molecule has 0 aromatic heterocycles. The number of amides is 1. The zero-order chi connectivity index (χ0) is 27.1. The average molecular weight is 606 g/mol. The maximum Gasteiger partial charge on any atom is 0.428 e. The molecule has 14 heteroatoms. The van der Waals surface area contributed by atoms with Crippen molar-refractivity contribution in [3.8, 4) is 0 Å². The number of hydroxylamine groups is 1. The fraction of sp³-hybridized carbons (Fsp3) is 0.318. The minimum atomic E-state index is -4.91. The first kappa shape index (κ1) is 28.9. The van der Waals surface area contributed by atoms with Gasteiger partial charge in [-0.1, -0.05) is 65.5 Å². The van der Waals surface area contributed by atoms with E-state index in [4.69, 9.17) is 51.2 Å². The van der Waals surface area contributed by atoms with E-state index in [-0.39, 0.29) is 43.6 Å². The van der Waals surface area contributed by atoms with Crippen LogP contribution in [0.5, 0.6) is 0 Å². The molecule has 2 unspecified atom stereocenters. The van der Waals surface area contributed by atoms with Gasteiger partial charge in [-0.3, -0.25) is 15.1 Å². The van der Waals surface area contributed by atoms with E-state index < -0.39 is 38.3 Å². The Morgan fingerprint density at radius 1 is 1.11 bits per heavy atom. The van der Waals surface area contributed by atoms with Gasteiger partial charge in [0.1, 0.15) is 5.25 Å². The summed E-state index contributed by atoms with van der Waals surface area (Å²) in [6, 6.07) is 6.37. The molecule has 0 fully saturated rings. The number of hydrogen-bond donors (Lipinski definition) is 2. The zero-order valence-corrected chi connectivity index (χ0v) is 22.5. The van der Waals surface area contributed by atoms with Crippen LogP contribution in [-0.2, 0) is 31.6 Å². The molecule has 1 aliphatic rings. The highest BCUT2D eigenvalue weighted by atomic mass is 35.5. The monoisotopic (exact) mass is 604 g/mol. The van der Waals surface area contributed by atoms with E-state index in [2.05, 4.69) is 10.8 Å². The van der Waals surface area contributed by atoms with E-state index >= 15 is 0 Å². The summed E-state index contributed by atoms with van der Waals surface area (Å²) >= 11 is 24.1. The van der Waals surface area contributed by atoms with Crippen molar-refractivity contribution in [2.24, 2.45) is 0 Å². The Labute approximate surface area is 225 Å². The van der Waals surface area contributed by atoms with Crippen molar-refractivity contribution >= 4 is 67.8 Å². The van der Waals surface area contributed by atoms with E-state index in [1.165, 1.54) is 32.0 Å². The molecule has 2 aromatic carbocycles. The van der Waals surface area contributed by atoms with E-state index in [0.29, 0.717) is 5.56 Å². The van der Waals surface area contributed by atoms with Crippen LogP contribution in [0.2, 0.25) is 20.1 Å². The smallest absolute Gasteiger partial charge is 0.351 e. The molecule has 0 saturated heterocycles. The van der Waals surface area contributed by atoms with Crippen LogP contribution in [0, 0.1) is 0 Å². The number of hydrogen-bond acceptors (Lipinski definition) is 5. The molecule has 1 amide bonds. The Morgan fingerprint density at radius 3 is 2.25 bits per heavy atom. The number of halogens is 7. The van der Waals surface area contributed by atoms with Gasteiger partial charge in [0.15, 0.2) is 9.84 Å². The van der Waals surface area contributed by atoms with Gasteiger partial charge in [0.25, 0.3) is 0 Å². The largest absolute Gasteiger partial charge is 0.428 e. The summed E-state index contributed by atoms with van der Waals surface area (Å²) in [6.45, 7) is 2.64. The summed E-state index contributed by atoms with van der Waals surface area (Å²) in [7, 11) is -3.57. The topological polar surface area (TPSA) is 84.5 Å². The number of carbonyl (C=O) groups excluding carboxylic acids is 1. The highest BCUT2D eigenvalue weighted by Crippen LogP contribution is 2.49. The lowest BCUT2D eigenvalue weighted by Gasteiger charge is -2.29. The second kappa shape index (κ2) is 10.6. The van der Waals surface area contributed by atoms with Crippen molar-refractivity contribution in [2.45, 2.75) is 37.4 Å². The van der Waals surface area contributed by atoms with Gasteiger partial charge in [0.2, 0.25) is 11.5 Å². The fourth-order valence-corrected chi connectivity index (χ4v) is 5.11. The van der Waals surface area contributed by atoms with Gasteiger partial charge in [0, 0.05) is 28.4 Å². The summed E-state index contributed by atoms with van der Waals surface area (Å²) in [6.07, 6.45) is -4.08. The highest BCUT2D eigenvalue weighted by Gasteiger charge is 2.59. The van der Waals surface area contributed by atoms with Gasteiger partial charge in [-0.05, 0) is 36.8 Å². The van der Waals surface area contributed by atoms with Crippen LogP contribution in [0.25, 0.3) is 5.70 Å². The first-order chi connectivity index (χ1) is 16.6. The van der Waals surface area contributed by atoms with E-state index in [1.54, 1.807) is 0 Å². The van der Waals surface area contributed by atoms with E-state index in [1.807, 2.05) is 0 Å².